The third-order valence-corrected chi connectivity index (χ3v) is 6.76. The molecule has 3 aromatic carbocycles. The third-order valence-electron chi connectivity index (χ3n) is 6.76. The van der Waals surface area contributed by atoms with Crippen molar-refractivity contribution in [1.29, 1.82) is 0 Å². The number of amides is 1. The highest BCUT2D eigenvalue weighted by atomic mass is 19.1. The molecule has 0 saturated heterocycles. The Morgan fingerprint density at radius 3 is 2.71 bits per heavy atom. The summed E-state index contributed by atoms with van der Waals surface area (Å²) < 4.78 is 23.0. The van der Waals surface area contributed by atoms with E-state index < -0.39 is 0 Å². The van der Waals surface area contributed by atoms with E-state index in [9.17, 15) is 9.18 Å². The van der Waals surface area contributed by atoms with Crippen molar-refractivity contribution in [2.45, 2.75) is 25.8 Å². The van der Waals surface area contributed by atoms with Crippen molar-refractivity contribution in [3.8, 4) is 11.1 Å². The number of nitrogens with zero attached hydrogens (tertiary/aromatic N) is 3. The summed E-state index contributed by atoms with van der Waals surface area (Å²) in [6.07, 6.45) is 7.28. The van der Waals surface area contributed by atoms with Crippen LogP contribution in [0.25, 0.3) is 21.9 Å². The first-order valence-corrected chi connectivity index (χ1v) is 12.8. The highest BCUT2D eigenvalue weighted by molar-refractivity contribution is 5.97. The summed E-state index contributed by atoms with van der Waals surface area (Å²) in [7, 11) is 1.65. The highest BCUT2D eigenvalue weighted by Crippen LogP contribution is 2.30. The van der Waals surface area contributed by atoms with E-state index in [0.717, 1.165) is 39.7 Å². The van der Waals surface area contributed by atoms with Crippen LogP contribution in [-0.4, -0.2) is 40.4 Å². The number of carbonyl (C=O) groups is 1. The van der Waals surface area contributed by atoms with Crippen LogP contribution in [0, 0.1) is 5.82 Å². The zero-order chi connectivity index (χ0) is 26.3. The van der Waals surface area contributed by atoms with Gasteiger partial charge in [0.25, 0.3) is 0 Å². The fourth-order valence-corrected chi connectivity index (χ4v) is 4.78. The van der Waals surface area contributed by atoms with Gasteiger partial charge in [0.05, 0.1) is 6.33 Å². The van der Waals surface area contributed by atoms with Gasteiger partial charge in [-0.3, -0.25) is 4.57 Å². The number of methoxy groups -OCH3 is 1. The minimum Gasteiger partial charge on any atom is -0.385 e. The molecule has 0 bridgehead atoms. The van der Waals surface area contributed by atoms with Gasteiger partial charge in [0, 0.05) is 62.6 Å². The van der Waals surface area contributed by atoms with Crippen LogP contribution in [0.2, 0.25) is 0 Å². The summed E-state index contributed by atoms with van der Waals surface area (Å²) >= 11 is 0. The molecule has 5 aromatic rings. The second-order valence-electron chi connectivity index (χ2n) is 9.29. The molecule has 0 aliphatic heterocycles. The van der Waals surface area contributed by atoms with E-state index in [1.165, 1.54) is 6.07 Å². The Balaban J connectivity index is 1.44. The van der Waals surface area contributed by atoms with Gasteiger partial charge in [-0.25, -0.2) is 14.2 Å². The molecule has 2 aromatic heterocycles. The number of aromatic nitrogens is 3. The lowest BCUT2D eigenvalue weighted by Gasteiger charge is -2.12. The van der Waals surface area contributed by atoms with Crippen molar-refractivity contribution in [3.05, 3.63) is 114 Å². The number of benzene rings is 3. The Kier molecular flexibility index (Phi) is 7.95. The first-order chi connectivity index (χ1) is 18.6. The molecular formula is C31H31FN4O2. The van der Waals surface area contributed by atoms with E-state index in [-0.39, 0.29) is 11.8 Å². The molecule has 1 N–H and O–H groups in total. The normalized spacial score (nSPS) is 11.2. The molecule has 0 aliphatic carbocycles. The average molecular weight is 511 g/mol. The maximum Gasteiger partial charge on any atom is 0.325 e. The van der Waals surface area contributed by atoms with E-state index in [4.69, 9.17) is 4.74 Å². The van der Waals surface area contributed by atoms with Crippen LogP contribution in [0.1, 0.15) is 23.4 Å². The number of imidazole rings is 1. The number of hydrogen-bond donors (Lipinski definition) is 1. The van der Waals surface area contributed by atoms with Crippen molar-refractivity contribution in [2.24, 2.45) is 0 Å². The SMILES string of the molecule is COCCCNC(=O)n1cc(-c2cccc3ccccc23)cc1Cc1cncn1CCc1ccccc1F. The summed E-state index contributed by atoms with van der Waals surface area (Å²) in [5.41, 5.74) is 4.52. The minimum absolute atomic E-state index is 0.181. The van der Waals surface area contributed by atoms with Crippen LogP contribution in [0.3, 0.4) is 0 Å². The van der Waals surface area contributed by atoms with Gasteiger partial charge in [0.2, 0.25) is 0 Å². The molecule has 0 radical (unpaired) electrons. The number of hydrogen-bond acceptors (Lipinski definition) is 3. The average Bonchev–Trinajstić information content (AvgIpc) is 3.57. The van der Waals surface area contributed by atoms with Crippen LogP contribution in [0.5, 0.6) is 0 Å². The number of carbonyl (C=O) groups excluding carboxylic acids is 1. The van der Waals surface area contributed by atoms with Gasteiger partial charge in [-0.1, -0.05) is 60.7 Å². The molecule has 0 aliphatic rings. The topological polar surface area (TPSA) is 61.1 Å². The lowest BCUT2D eigenvalue weighted by molar-refractivity contribution is 0.193. The van der Waals surface area contributed by atoms with E-state index in [0.29, 0.717) is 38.1 Å². The van der Waals surface area contributed by atoms with Crippen LogP contribution >= 0.6 is 0 Å². The quantitative estimate of drug-likeness (QED) is 0.232. The van der Waals surface area contributed by atoms with Gasteiger partial charge < -0.3 is 14.6 Å². The Morgan fingerprint density at radius 1 is 1.03 bits per heavy atom. The molecule has 0 fully saturated rings. The number of halogens is 1. The summed E-state index contributed by atoms with van der Waals surface area (Å²) in [5.74, 6) is -0.201. The largest absolute Gasteiger partial charge is 0.385 e. The maximum absolute atomic E-state index is 14.2. The van der Waals surface area contributed by atoms with Crippen LogP contribution < -0.4 is 5.32 Å². The van der Waals surface area contributed by atoms with E-state index in [1.54, 1.807) is 24.1 Å². The number of aryl methyl sites for hydroxylation is 2. The van der Waals surface area contributed by atoms with Crippen molar-refractivity contribution < 1.29 is 13.9 Å². The molecule has 38 heavy (non-hydrogen) atoms. The van der Waals surface area contributed by atoms with Gasteiger partial charge in [-0.15, -0.1) is 0 Å². The first-order valence-electron chi connectivity index (χ1n) is 12.8. The molecule has 0 spiro atoms. The van der Waals surface area contributed by atoms with E-state index >= 15 is 0 Å². The number of fused-ring (bicyclic) bond motifs is 1. The molecule has 5 rings (SSSR count). The predicted molar refractivity (Wildman–Crippen MR) is 148 cm³/mol. The Morgan fingerprint density at radius 2 is 1.84 bits per heavy atom. The van der Waals surface area contributed by atoms with E-state index in [1.807, 2.05) is 47.3 Å². The molecule has 1 amide bonds. The second kappa shape index (κ2) is 11.9. The maximum atomic E-state index is 14.2. The minimum atomic E-state index is -0.201. The van der Waals surface area contributed by atoms with Gasteiger partial charge in [-0.2, -0.15) is 0 Å². The standard InChI is InChI=1S/C31H31FN4O2/c1-38-17-7-15-34-31(37)36-21-25(29-12-6-10-23-8-2-4-11-28(23)29)18-26(36)19-27-20-33-22-35(27)16-14-24-9-3-5-13-30(24)32/h2-6,8-13,18,20-22H,7,14-17,19H2,1H3,(H,34,37). The number of nitrogens with one attached hydrogen (secondary N) is 1. The Labute approximate surface area is 221 Å². The van der Waals surface area contributed by atoms with Gasteiger partial charge in [0.1, 0.15) is 5.82 Å². The number of rotatable bonds is 10. The second-order valence-corrected chi connectivity index (χ2v) is 9.29. The van der Waals surface area contributed by atoms with Gasteiger partial charge in [-0.05, 0) is 46.9 Å². The van der Waals surface area contributed by atoms with Crippen LogP contribution in [0.4, 0.5) is 9.18 Å². The summed E-state index contributed by atoms with van der Waals surface area (Å²) in [5, 5.41) is 5.28. The predicted octanol–water partition coefficient (Wildman–Crippen LogP) is 6.07. The molecule has 2 heterocycles. The molecule has 0 saturated carbocycles. The van der Waals surface area contributed by atoms with Gasteiger partial charge in [0.15, 0.2) is 0 Å². The molecule has 0 atom stereocenters. The summed E-state index contributed by atoms with van der Waals surface area (Å²) in [6.45, 7) is 1.70. The molecule has 0 unspecified atom stereocenters. The zero-order valence-electron chi connectivity index (χ0n) is 21.4. The van der Waals surface area contributed by atoms with Crippen LogP contribution in [0.15, 0.2) is 91.5 Å². The fraction of sp³-hybridized carbons (Fsp3) is 0.226. The zero-order valence-corrected chi connectivity index (χ0v) is 21.4. The van der Waals surface area contributed by atoms with Crippen molar-refractivity contribution >= 4 is 16.8 Å². The molecule has 7 heteroatoms. The van der Waals surface area contributed by atoms with E-state index in [2.05, 4.69) is 40.6 Å². The smallest absolute Gasteiger partial charge is 0.325 e. The first kappa shape index (κ1) is 25.4. The Bertz CT molecular complexity index is 1530. The van der Waals surface area contributed by atoms with Crippen LogP contribution in [-0.2, 0) is 24.1 Å². The van der Waals surface area contributed by atoms with Crippen molar-refractivity contribution in [1.82, 2.24) is 19.4 Å². The molecular weight excluding hydrogens is 479 g/mol. The number of ether oxygens (including phenoxy) is 1. The lowest BCUT2D eigenvalue weighted by Crippen LogP contribution is -2.30. The molecule has 6 nitrogen and oxygen atoms in total. The molecule has 194 valence electrons. The Hall–Kier alpha value is -4.23. The highest BCUT2D eigenvalue weighted by Gasteiger charge is 2.17. The van der Waals surface area contributed by atoms with Crippen molar-refractivity contribution in [3.63, 3.8) is 0 Å². The lowest BCUT2D eigenvalue weighted by atomic mass is 10.00. The fourth-order valence-electron chi connectivity index (χ4n) is 4.78. The van der Waals surface area contributed by atoms with Crippen molar-refractivity contribution in [2.75, 3.05) is 20.3 Å². The summed E-state index contributed by atoms with van der Waals surface area (Å²) in [4.78, 5) is 17.6. The monoisotopic (exact) mass is 510 g/mol. The van der Waals surface area contributed by atoms with Gasteiger partial charge >= 0.3 is 6.03 Å². The summed E-state index contributed by atoms with van der Waals surface area (Å²) in [6, 6.07) is 23.2. The third kappa shape index (κ3) is 5.68.